The molecular weight excluding hydrogens is 991 g/mol. The molecule has 0 unspecified atom stereocenters. The predicted octanol–water partition coefficient (Wildman–Crippen LogP) is 17.7. The molecule has 0 radical (unpaired) electrons. The third-order valence-electron chi connectivity index (χ3n) is 14.3. The van der Waals surface area contributed by atoms with E-state index in [0.29, 0.717) is 65.9 Å². The van der Waals surface area contributed by atoms with Gasteiger partial charge in [0.2, 0.25) is 0 Å². The number of rotatable bonds is 7. The van der Waals surface area contributed by atoms with Crippen LogP contribution >= 0.6 is 0 Å². The average molecular weight is 1030 g/mol. The second kappa shape index (κ2) is 18.6. The number of hydrogen-bond acceptors (Lipinski definition) is 4. The molecule has 2 aromatic heterocycles. The second-order valence-corrected chi connectivity index (χ2v) is 18.8. The van der Waals surface area contributed by atoms with Gasteiger partial charge in [0.25, 0.3) is 0 Å². The van der Waals surface area contributed by atoms with Crippen LogP contribution in [0.25, 0.3) is 111 Å². The van der Waals surface area contributed by atoms with Gasteiger partial charge in [-0.05, 0) is 177 Å². The van der Waals surface area contributed by atoms with Crippen LogP contribution in [0, 0.1) is 45.3 Å². The summed E-state index contributed by atoms with van der Waals surface area (Å²) in [7, 11) is 0. The molecule has 0 atom stereocenters. The van der Waals surface area contributed by atoms with Gasteiger partial charge >= 0.3 is 12.4 Å². The summed E-state index contributed by atoms with van der Waals surface area (Å²) < 4.78 is 95.2. The average Bonchev–Trinajstić information content (AvgIpc) is 4.21. The highest BCUT2D eigenvalue weighted by Gasteiger charge is 2.37. The van der Waals surface area contributed by atoms with Crippen LogP contribution in [0.4, 0.5) is 26.3 Å². The van der Waals surface area contributed by atoms with Crippen molar-refractivity contribution in [2.45, 2.75) is 12.4 Å². The van der Waals surface area contributed by atoms with E-state index in [1.165, 1.54) is 12.1 Å². The number of nitriles is 4. The van der Waals surface area contributed by atoms with Gasteiger partial charge in [0, 0.05) is 21.5 Å². The Labute approximate surface area is 441 Å². The number of hydrogen-bond donors (Lipinski definition) is 0. The molecule has 0 aliphatic heterocycles. The lowest BCUT2D eigenvalue weighted by molar-refractivity contribution is -0.137. The Morgan fingerprint density at radius 1 is 0.295 bits per heavy atom. The fraction of sp³-hybridized carbons (Fsp3) is 0.0303. The van der Waals surface area contributed by atoms with Crippen molar-refractivity contribution in [3.05, 3.63) is 240 Å². The van der Waals surface area contributed by atoms with Crippen LogP contribution in [0.2, 0.25) is 0 Å². The first-order valence-corrected chi connectivity index (χ1v) is 24.3. The Morgan fingerprint density at radius 3 is 0.897 bits per heavy atom. The molecule has 0 aliphatic carbocycles. The number of benzene rings is 10. The molecule has 6 nitrogen and oxygen atoms in total. The van der Waals surface area contributed by atoms with Crippen LogP contribution in [0.3, 0.4) is 0 Å². The lowest BCUT2D eigenvalue weighted by Crippen LogP contribution is -2.12. The van der Waals surface area contributed by atoms with Gasteiger partial charge in [-0.25, -0.2) is 0 Å². The fourth-order valence-electron chi connectivity index (χ4n) is 10.5. The van der Waals surface area contributed by atoms with E-state index in [0.717, 1.165) is 68.8 Å². The lowest BCUT2D eigenvalue weighted by atomic mass is 9.95. The molecule has 0 saturated heterocycles. The molecule has 0 aliphatic rings. The lowest BCUT2D eigenvalue weighted by Gasteiger charge is -2.22. The highest BCUT2D eigenvalue weighted by atomic mass is 19.4. The summed E-state index contributed by atoms with van der Waals surface area (Å²) in [5.74, 6) is 0. The van der Waals surface area contributed by atoms with Gasteiger partial charge in [-0.2, -0.15) is 47.4 Å². The molecular formula is C66H34F6N6. The summed E-state index contributed by atoms with van der Waals surface area (Å²) in [4.78, 5) is 0. The van der Waals surface area contributed by atoms with Crippen LogP contribution in [0.5, 0.6) is 0 Å². The van der Waals surface area contributed by atoms with Crippen molar-refractivity contribution in [2.75, 3.05) is 0 Å². The maximum absolute atomic E-state index is 16.1. The van der Waals surface area contributed by atoms with E-state index in [2.05, 4.69) is 24.3 Å². The summed E-state index contributed by atoms with van der Waals surface area (Å²) in [5, 5.41) is 41.1. The van der Waals surface area contributed by atoms with Gasteiger partial charge in [0.1, 0.15) is 0 Å². The first-order valence-electron chi connectivity index (χ1n) is 24.3. The Morgan fingerprint density at radius 2 is 0.603 bits per heavy atom. The molecule has 12 heteroatoms. The number of alkyl halides is 6. The molecule has 78 heavy (non-hydrogen) atoms. The van der Waals surface area contributed by atoms with Crippen molar-refractivity contribution in [2.24, 2.45) is 0 Å². The van der Waals surface area contributed by atoms with Crippen LogP contribution in [-0.2, 0) is 12.4 Å². The molecule has 0 spiro atoms. The molecule has 0 saturated carbocycles. The highest BCUT2D eigenvalue weighted by molar-refractivity contribution is 6.14. The number of aromatic nitrogens is 2. The van der Waals surface area contributed by atoms with Crippen LogP contribution in [-0.4, -0.2) is 9.13 Å². The van der Waals surface area contributed by atoms with Crippen LogP contribution < -0.4 is 0 Å². The van der Waals surface area contributed by atoms with Gasteiger partial charge < -0.3 is 9.13 Å². The molecule has 12 rings (SSSR count). The third-order valence-corrected chi connectivity index (χ3v) is 14.3. The molecule has 370 valence electrons. The van der Waals surface area contributed by atoms with Gasteiger partial charge in [0.15, 0.2) is 0 Å². The Kier molecular flexibility index (Phi) is 11.5. The molecule has 2 heterocycles. The third kappa shape index (κ3) is 8.41. The largest absolute Gasteiger partial charge is 0.417 e. The molecule has 0 fully saturated rings. The van der Waals surface area contributed by atoms with Crippen LogP contribution in [0.15, 0.2) is 206 Å². The van der Waals surface area contributed by atoms with E-state index in [4.69, 9.17) is 0 Å². The zero-order valence-corrected chi connectivity index (χ0v) is 40.6. The van der Waals surface area contributed by atoms with Crippen molar-refractivity contribution in [3.63, 3.8) is 0 Å². The van der Waals surface area contributed by atoms with Gasteiger partial charge in [-0.3, -0.25) is 0 Å². The predicted molar refractivity (Wildman–Crippen MR) is 291 cm³/mol. The summed E-state index contributed by atoms with van der Waals surface area (Å²) in [6.07, 6.45) is -9.94. The normalized spacial score (nSPS) is 11.7. The number of nitrogens with zero attached hydrogens (tertiary/aromatic N) is 6. The minimum absolute atomic E-state index is 0.0708. The first-order chi connectivity index (χ1) is 37.7. The second-order valence-electron chi connectivity index (χ2n) is 18.8. The van der Waals surface area contributed by atoms with Gasteiger partial charge in [-0.15, -0.1) is 0 Å². The van der Waals surface area contributed by atoms with Crippen molar-refractivity contribution in [3.8, 4) is 91.3 Å². The quantitative estimate of drug-likeness (QED) is 0.148. The molecule has 10 aromatic carbocycles. The monoisotopic (exact) mass is 1020 g/mol. The first kappa shape index (κ1) is 48.3. The van der Waals surface area contributed by atoms with Crippen molar-refractivity contribution < 1.29 is 26.3 Å². The maximum atomic E-state index is 16.1. The van der Waals surface area contributed by atoms with Crippen molar-refractivity contribution in [1.82, 2.24) is 9.13 Å². The number of halogens is 6. The van der Waals surface area contributed by atoms with E-state index in [-0.39, 0.29) is 16.9 Å². The summed E-state index contributed by atoms with van der Waals surface area (Å²) in [5.41, 5.74) is 7.58. The zero-order chi connectivity index (χ0) is 54.0. The maximum Gasteiger partial charge on any atom is 0.417 e. The summed E-state index contributed by atoms with van der Waals surface area (Å²) in [6, 6.07) is 65.9. The van der Waals surface area contributed by atoms with Crippen LogP contribution in [0.1, 0.15) is 33.4 Å². The standard InChI is InChI=1S/C66H34F6N6/c67-65(68,69)52-3-1-2-51(28-52)53-33-63(77-59-24-20-47(43-12-4-39(35-73)5-13-43)29-54(59)55-30-48(21-25-60(55)77)44-14-6-40(36-74)7-15-44)64(34-58(53)66(70,71)72)78-61-26-22-49(45-16-8-41(37-75)9-17-45)31-56(61)57-32-50(23-27-62(57)78)46-18-10-42(38-76)11-19-46/h1-34H. The van der Waals surface area contributed by atoms with E-state index < -0.39 is 29.0 Å². The Bertz CT molecular complexity index is 4360. The number of fused-ring (bicyclic) bond motifs is 6. The van der Waals surface area contributed by atoms with E-state index in [9.17, 15) is 34.2 Å². The molecule has 0 N–H and O–H groups in total. The van der Waals surface area contributed by atoms with Gasteiger partial charge in [0.05, 0.1) is 91.1 Å². The highest BCUT2D eigenvalue weighted by Crippen LogP contribution is 2.47. The minimum atomic E-state index is -5.08. The van der Waals surface area contributed by atoms with Gasteiger partial charge in [-0.1, -0.05) is 84.9 Å². The van der Waals surface area contributed by atoms with E-state index in [1.807, 2.05) is 126 Å². The fourth-order valence-corrected chi connectivity index (χ4v) is 10.5. The van der Waals surface area contributed by atoms with E-state index >= 15 is 13.2 Å². The summed E-state index contributed by atoms with van der Waals surface area (Å²) in [6.45, 7) is 0. The zero-order valence-electron chi connectivity index (χ0n) is 40.6. The SMILES string of the molecule is N#Cc1ccc(-c2ccc3c(c2)c2cc(-c4ccc(C#N)cc4)ccc2n3-c2cc(-c3cccc(C(F)(F)F)c3)c(C(F)(F)F)cc2-n2c3ccc(-c4ccc(C#N)cc4)cc3c3cc(-c4ccc(C#N)cc4)ccc32)cc1. The Balaban J connectivity index is 1.21. The topological polar surface area (TPSA) is 105 Å². The molecule has 0 bridgehead atoms. The minimum Gasteiger partial charge on any atom is -0.307 e. The summed E-state index contributed by atoms with van der Waals surface area (Å²) >= 11 is 0. The van der Waals surface area contributed by atoms with E-state index in [1.54, 1.807) is 53.1 Å². The van der Waals surface area contributed by atoms with Crippen molar-refractivity contribution >= 4 is 43.6 Å². The van der Waals surface area contributed by atoms with Crippen molar-refractivity contribution in [1.29, 1.82) is 21.0 Å². The molecule has 0 amide bonds. The Hall–Kier alpha value is -10.7. The smallest absolute Gasteiger partial charge is 0.307 e. The molecule has 12 aromatic rings.